The highest BCUT2D eigenvalue weighted by molar-refractivity contribution is 7.15. The molecule has 1 aliphatic rings. The lowest BCUT2D eigenvalue weighted by Crippen LogP contribution is -2.34. The molecule has 1 amide bonds. The lowest BCUT2D eigenvalue weighted by Gasteiger charge is -2.19. The van der Waals surface area contributed by atoms with Gasteiger partial charge >= 0.3 is 0 Å². The van der Waals surface area contributed by atoms with Crippen LogP contribution in [0.3, 0.4) is 0 Å². The maximum Gasteiger partial charge on any atom is 0.229 e. The van der Waals surface area contributed by atoms with Crippen molar-refractivity contribution in [3.63, 3.8) is 0 Å². The fourth-order valence-electron chi connectivity index (χ4n) is 2.87. The van der Waals surface area contributed by atoms with Crippen molar-refractivity contribution >= 4 is 28.2 Å². The van der Waals surface area contributed by atoms with E-state index in [1.165, 1.54) is 11.3 Å². The van der Waals surface area contributed by atoms with Gasteiger partial charge < -0.3 is 16.0 Å². The normalized spacial score (nSPS) is 13.9. The van der Waals surface area contributed by atoms with Gasteiger partial charge in [-0.3, -0.25) is 4.79 Å². The van der Waals surface area contributed by atoms with E-state index in [0.29, 0.717) is 36.2 Å². The minimum Gasteiger partial charge on any atom is -0.374 e. The molecule has 0 unspecified atom stereocenters. The van der Waals surface area contributed by atoms with Crippen molar-refractivity contribution in [3.8, 4) is 0 Å². The van der Waals surface area contributed by atoms with Gasteiger partial charge in [-0.1, -0.05) is 17.4 Å². The standard InChI is InChI=1S/C16H21N7OS/c1-3-6-18-15-11-4-7-23(8-5-12(11)19-10(2)20-15)14(24)9-13-21-22-16(17)25-13/h3H,1,4-9H2,2H3,(H2,17,22)(H,18,19,20). The van der Waals surface area contributed by atoms with Gasteiger partial charge in [0.2, 0.25) is 11.0 Å². The number of nitrogens with zero attached hydrogens (tertiary/aromatic N) is 5. The fraction of sp³-hybridized carbons (Fsp3) is 0.438. The lowest BCUT2D eigenvalue weighted by atomic mass is 10.1. The zero-order valence-electron chi connectivity index (χ0n) is 14.2. The summed E-state index contributed by atoms with van der Waals surface area (Å²) in [6.45, 7) is 7.52. The number of amides is 1. The Kier molecular flexibility index (Phi) is 5.22. The van der Waals surface area contributed by atoms with E-state index in [0.717, 1.165) is 29.3 Å². The molecular weight excluding hydrogens is 338 g/mol. The Morgan fingerprint density at radius 2 is 2.16 bits per heavy atom. The second kappa shape index (κ2) is 7.56. The summed E-state index contributed by atoms with van der Waals surface area (Å²) >= 11 is 1.25. The van der Waals surface area contributed by atoms with Crippen molar-refractivity contribution in [1.29, 1.82) is 0 Å². The van der Waals surface area contributed by atoms with Crippen molar-refractivity contribution in [3.05, 3.63) is 34.7 Å². The summed E-state index contributed by atoms with van der Waals surface area (Å²) in [5.41, 5.74) is 7.67. The van der Waals surface area contributed by atoms with Gasteiger partial charge in [-0.05, 0) is 13.3 Å². The Morgan fingerprint density at radius 1 is 1.36 bits per heavy atom. The number of hydrogen-bond acceptors (Lipinski definition) is 8. The topological polar surface area (TPSA) is 110 Å². The van der Waals surface area contributed by atoms with Crippen LogP contribution >= 0.6 is 11.3 Å². The number of hydrogen-bond donors (Lipinski definition) is 2. The van der Waals surface area contributed by atoms with Crippen LogP contribution in [0.25, 0.3) is 0 Å². The number of aromatic nitrogens is 4. The molecule has 0 fully saturated rings. The molecular formula is C16H21N7OS. The molecule has 1 aliphatic heterocycles. The molecule has 2 aromatic rings. The predicted molar refractivity (Wildman–Crippen MR) is 97.5 cm³/mol. The molecule has 132 valence electrons. The Labute approximate surface area is 150 Å². The minimum absolute atomic E-state index is 0.0363. The van der Waals surface area contributed by atoms with Gasteiger partial charge in [0.05, 0.1) is 12.1 Å². The number of rotatable bonds is 5. The second-order valence-corrected chi connectivity index (χ2v) is 6.90. The van der Waals surface area contributed by atoms with Crippen LogP contribution in [0.15, 0.2) is 12.7 Å². The number of nitrogens with one attached hydrogen (secondary N) is 1. The van der Waals surface area contributed by atoms with Gasteiger partial charge in [0.1, 0.15) is 16.6 Å². The summed E-state index contributed by atoms with van der Waals surface area (Å²) in [7, 11) is 0. The second-order valence-electron chi connectivity index (χ2n) is 5.81. The Balaban J connectivity index is 1.72. The molecule has 0 bridgehead atoms. The molecule has 0 spiro atoms. The third-order valence-corrected chi connectivity index (χ3v) is 4.76. The van der Waals surface area contributed by atoms with Crippen LogP contribution in [0.4, 0.5) is 10.9 Å². The number of aryl methyl sites for hydroxylation is 1. The molecule has 25 heavy (non-hydrogen) atoms. The van der Waals surface area contributed by atoms with E-state index >= 15 is 0 Å². The van der Waals surface area contributed by atoms with Crippen molar-refractivity contribution in [2.75, 3.05) is 30.7 Å². The Hall–Kier alpha value is -2.55. The molecule has 0 aromatic carbocycles. The zero-order valence-corrected chi connectivity index (χ0v) is 15.0. The number of anilines is 2. The average molecular weight is 359 g/mol. The van der Waals surface area contributed by atoms with Crippen molar-refractivity contribution in [2.24, 2.45) is 0 Å². The lowest BCUT2D eigenvalue weighted by molar-refractivity contribution is -0.130. The first-order valence-electron chi connectivity index (χ1n) is 8.13. The molecule has 0 saturated heterocycles. The highest BCUT2D eigenvalue weighted by atomic mass is 32.1. The molecule has 3 N–H and O–H groups in total. The van der Waals surface area contributed by atoms with Gasteiger partial charge in [-0.2, -0.15) is 0 Å². The van der Waals surface area contributed by atoms with Gasteiger partial charge in [-0.15, -0.1) is 16.8 Å². The molecule has 0 radical (unpaired) electrons. The maximum atomic E-state index is 12.6. The predicted octanol–water partition coefficient (Wildman–Crippen LogP) is 0.987. The molecule has 3 heterocycles. The van der Waals surface area contributed by atoms with Crippen LogP contribution in [0.1, 0.15) is 22.1 Å². The van der Waals surface area contributed by atoms with Gasteiger partial charge in [-0.25, -0.2) is 9.97 Å². The van der Waals surface area contributed by atoms with E-state index in [4.69, 9.17) is 5.73 Å². The number of carbonyl (C=O) groups is 1. The van der Waals surface area contributed by atoms with E-state index in [1.807, 2.05) is 11.8 Å². The van der Waals surface area contributed by atoms with Crippen LogP contribution in [-0.4, -0.2) is 50.6 Å². The molecule has 8 nitrogen and oxygen atoms in total. The molecule has 0 atom stereocenters. The van der Waals surface area contributed by atoms with Crippen LogP contribution in [0, 0.1) is 6.92 Å². The largest absolute Gasteiger partial charge is 0.374 e. The third-order valence-electron chi connectivity index (χ3n) is 4.01. The number of nitrogen functional groups attached to an aromatic ring is 1. The molecule has 0 saturated carbocycles. The minimum atomic E-state index is 0.0363. The Morgan fingerprint density at radius 3 is 2.88 bits per heavy atom. The summed E-state index contributed by atoms with van der Waals surface area (Å²) < 4.78 is 0. The van der Waals surface area contributed by atoms with Crippen molar-refractivity contribution < 1.29 is 4.79 Å². The van der Waals surface area contributed by atoms with Gasteiger partial charge in [0.25, 0.3) is 0 Å². The maximum absolute atomic E-state index is 12.6. The van der Waals surface area contributed by atoms with Crippen molar-refractivity contribution in [2.45, 2.75) is 26.2 Å². The summed E-state index contributed by atoms with van der Waals surface area (Å²) in [5.74, 6) is 1.61. The summed E-state index contributed by atoms with van der Waals surface area (Å²) in [6, 6.07) is 0. The number of fused-ring (bicyclic) bond motifs is 1. The highest BCUT2D eigenvalue weighted by Gasteiger charge is 2.23. The van der Waals surface area contributed by atoms with Crippen LogP contribution in [-0.2, 0) is 24.1 Å². The number of carbonyl (C=O) groups excluding carboxylic acids is 1. The van der Waals surface area contributed by atoms with Crippen LogP contribution < -0.4 is 11.1 Å². The molecule has 2 aromatic heterocycles. The smallest absolute Gasteiger partial charge is 0.229 e. The third kappa shape index (κ3) is 4.11. The Bertz CT molecular complexity index is 789. The average Bonchev–Trinajstić information content (AvgIpc) is 2.86. The zero-order chi connectivity index (χ0) is 17.8. The van der Waals surface area contributed by atoms with E-state index in [2.05, 4.69) is 32.1 Å². The van der Waals surface area contributed by atoms with Gasteiger partial charge in [0, 0.05) is 31.6 Å². The monoisotopic (exact) mass is 359 g/mol. The van der Waals surface area contributed by atoms with Gasteiger partial charge in [0.15, 0.2) is 0 Å². The van der Waals surface area contributed by atoms with E-state index in [1.54, 1.807) is 6.08 Å². The SMILES string of the molecule is C=CCNc1nc(C)nc2c1CCN(C(=O)Cc1nnc(N)s1)CC2. The summed E-state index contributed by atoms with van der Waals surface area (Å²) in [4.78, 5) is 23.5. The first kappa shape index (κ1) is 17.3. The van der Waals surface area contributed by atoms with Crippen LogP contribution in [0.5, 0.6) is 0 Å². The summed E-state index contributed by atoms with van der Waals surface area (Å²) in [6.07, 6.45) is 3.46. The highest BCUT2D eigenvalue weighted by Crippen LogP contribution is 2.22. The fourth-order valence-corrected chi connectivity index (χ4v) is 3.47. The first-order valence-corrected chi connectivity index (χ1v) is 8.95. The van der Waals surface area contributed by atoms with E-state index < -0.39 is 0 Å². The quantitative estimate of drug-likeness (QED) is 0.766. The van der Waals surface area contributed by atoms with E-state index in [9.17, 15) is 4.79 Å². The first-order chi connectivity index (χ1) is 12.1. The molecule has 0 aliphatic carbocycles. The molecule has 3 rings (SSSR count). The van der Waals surface area contributed by atoms with Crippen molar-refractivity contribution in [1.82, 2.24) is 25.1 Å². The van der Waals surface area contributed by atoms with Crippen LogP contribution in [0.2, 0.25) is 0 Å². The number of nitrogens with two attached hydrogens (primary N) is 1. The molecule has 9 heteroatoms. The van der Waals surface area contributed by atoms with E-state index in [-0.39, 0.29) is 12.3 Å². The summed E-state index contributed by atoms with van der Waals surface area (Å²) in [5, 5.41) is 12.0.